The van der Waals surface area contributed by atoms with E-state index in [4.69, 9.17) is 0 Å². The predicted octanol–water partition coefficient (Wildman–Crippen LogP) is 3.47. The first kappa shape index (κ1) is 16.9. The smallest absolute Gasteiger partial charge is 0.323 e. The number of hydrogen-bond donors (Lipinski definition) is 1. The lowest BCUT2D eigenvalue weighted by atomic mass is 9.84. The first-order chi connectivity index (χ1) is 12.6. The highest BCUT2D eigenvalue weighted by atomic mass is 16.2. The van der Waals surface area contributed by atoms with Crippen molar-refractivity contribution in [3.63, 3.8) is 0 Å². The molecule has 1 saturated carbocycles. The maximum Gasteiger partial charge on any atom is 0.325 e. The van der Waals surface area contributed by atoms with Gasteiger partial charge < -0.3 is 5.32 Å². The minimum absolute atomic E-state index is 0.0984. The van der Waals surface area contributed by atoms with Gasteiger partial charge in [-0.15, -0.1) is 0 Å². The molecule has 1 N–H and O–H groups in total. The van der Waals surface area contributed by atoms with Crippen molar-refractivity contribution >= 4 is 23.0 Å². The second kappa shape index (κ2) is 6.67. The average molecular weight is 352 g/mol. The van der Waals surface area contributed by atoms with Crippen molar-refractivity contribution in [3.05, 3.63) is 35.7 Å². The molecule has 1 aromatic heterocycles. The summed E-state index contributed by atoms with van der Waals surface area (Å²) in [6.45, 7) is 2.05. The van der Waals surface area contributed by atoms with E-state index in [0.29, 0.717) is 5.69 Å². The zero-order chi connectivity index (χ0) is 18.1. The van der Waals surface area contributed by atoms with Crippen molar-refractivity contribution in [2.75, 3.05) is 0 Å². The summed E-state index contributed by atoms with van der Waals surface area (Å²) in [7, 11) is 0. The number of rotatable bonds is 2. The molecule has 2 aliphatic rings. The highest BCUT2D eigenvalue weighted by Crippen LogP contribution is 2.32. The maximum absolute atomic E-state index is 13.1. The summed E-state index contributed by atoms with van der Waals surface area (Å²) in [5.74, 6) is -0.0984. The molecule has 2 heterocycles. The Bertz CT molecular complexity index is 856. The molecule has 136 valence electrons. The third kappa shape index (κ3) is 2.93. The van der Waals surface area contributed by atoms with Crippen LogP contribution in [0, 0.1) is 6.92 Å². The monoisotopic (exact) mass is 352 g/mol. The van der Waals surface area contributed by atoms with Crippen molar-refractivity contribution in [1.82, 2.24) is 20.2 Å². The van der Waals surface area contributed by atoms with Gasteiger partial charge in [0.2, 0.25) is 0 Å². The number of benzene rings is 1. The van der Waals surface area contributed by atoms with Gasteiger partial charge in [-0.1, -0.05) is 44.2 Å². The second-order valence-electron chi connectivity index (χ2n) is 7.42. The van der Waals surface area contributed by atoms with Crippen LogP contribution in [0.3, 0.4) is 0 Å². The fourth-order valence-electron chi connectivity index (χ4n) is 4.09. The van der Waals surface area contributed by atoms with E-state index in [1.165, 1.54) is 11.3 Å². The third-order valence-corrected chi connectivity index (χ3v) is 5.60. The number of hydrogen-bond acceptors (Lipinski definition) is 4. The molecule has 1 saturated heterocycles. The molecule has 1 aliphatic heterocycles. The van der Waals surface area contributed by atoms with Gasteiger partial charge in [0.05, 0.1) is 29.0 Å². The van der Waals surface area contributed by atoms with Crippen molar-refractivity contribution < 1.29 is 9.59 Å². The van der Waals surface area contributed by atoms with Gasteiger partial charge in [-0.05, 0) is 31.9 Å². The number of urea groups is 1. The van der Waals surface area contributed by atoms with E-state index in [1.807, 2.05) is 31.2 Å². The van der Waals surface area contributed by atoms with Gasteiger partial charge in [0.25, 0.3) is 5.91 Å². The van der Waals surface area contributed by atoms with Crippen molar-refractivity contribution in [1.29, 1.82) is 0 Å². The first-order valence-electron chi connectivity index (χ1n) is 9.45. The number of carbonyl (C=O) groups excluding carboxylic acids is 2. The second-order valence-corrected chi connectivity index (χ2v) is 7.42. The molecule has 1 aromatic carbocycles. The van der Waals surface area contributed by atoms with Gasteiger partial charge in [0.15, 0.2) is 0 Å². The Balaban J connectivity index is 1.61. The number of aryl methyl sites for hydroxylation is 1. The zero-order valence-electron chi connectivity index (χ0n) is 15.1. The summed E-state index contributed by atoms with van der Waals surface area (Å²) in [5, 5.41) is 3.00. The molecular weight excluding hydrogens is 328 g/mol. The number of para-hydroxylation sites is 2. The topological polar surface area (TPSA) is 75.2 Å². The van der Waals surface area contributed by atoms with Crippen LogP contribution < -0.4 is 5.32 Å². The molecule has 0 bridgehead atoms. The number of fused-ring (bicyclic) bond motifs is 1. The van der Waals surface area contributed by atoms with Crippen LogP contribution in [0.25, 0.3) is 11.0 Å². The summed E-state index contributed by atoms with van der Waals surface area (Å²) in [5.41, 5.74) is 2.32. The Labute approximate surface area is 153 Å². The summed E-state index contributed by atoms with van der Waals surface area (Å²) in [6, 6.07) is 7.34. The summed E-state index contributed by atoms with van der Waals surface area (Å²) in [6.07, 6.45) is 6.89. The van der Waals surface area contributed by atoms with Gasteiger partial charge in [0.1, 0.15) is 5.54 Å². The van der Waals surface area contributed by atoms with Crippen molar-refractivity contribution in [3.8, 4) is 0 Å². The van der Waals surface area contributed by atoms with Crippen LogP contribution in [-0.4, -0.2) is 32.3 Å². The van der Waals surface area contributed by atoms with Crippen LogP contribution in [-0.2, 0) is 11.3 Å². The minimum Gasteiger partial charge on any atom is -0.323 e. The van der Waals surface area contributed by atoms with E-state index in [2.05, 4.69) is 15.3 Å². The number of nitrogens with one attached hydrogen (secondary N) is 1. The van der Waals surface area contributed by atoms with E-state index in [1.54, 1.807) is 0 Å². The van der Waals surface area contributed by atoms with Gasteiger partial charge in [-0.3, -0.25) is 9.69 Å². The number of amides is 3. The molecular formula is C20H24N4O2. The highest BCUT2D eigenvalue weighted by Gasteiger charge is 2.50. The Morgan fingerprint density at radius 1 is 1.00 bits per heavy atom. The molecule has 2 fully saturated rings. The lowest BCUT2D eigenvalue weighted by molar-refractivity contribution is -0.132. The van der Waals surface area contributed by atoms with Crippen LogP contribution in [0.15, 0.2) is 24.3 Å². The lowest BCUT2D eigenvalue weighted by Crippen LogP contribution is -2.47. The zero-order valence-corrected chi connectivity index (χ0v) is 15.1. The molecule has 1 aliphatic carbocycles. The molecule has 6 nitrogen and oxygen atoms in total. The lowest BCUT2D eigenvalue weighted by Gasteiger charge is -2.28. The van der Waals surface area contributed by atoms with Crippen molar-refractivity contribution in [2.24, 2.45) is 0 Å². The SMILES string of the molecule is Cc1nc2ccccc2nc1CN1C(=O)NC2(CCCCCCC2)C1=O. The average Bonchev–Trinajstić information content (AvgIpc) is 2.84. The van der Waals surface area contributed by atoms with Crippen LogP contribution in [0.1, 0.15) is 56.3 Å². The van der Waals surface area contributed by atoms with Crippen LogP contribution >= 0.6 is 0 Å². The Kier molecular flexibility index (Phi) is 4.34. The molecule has 1 spiro atoms. The van der Waals surface area contributed by atoms with Crippen LogP contribution in [0.4, 0.5) is 4.79 Å². The van der Waals surface area contributed by atoms with E-state index in [9.17, 15) is 9.59 Å². The van der Waals surface area contributed by atoms with Crippen LogP contribution in [0.2, 0.25) is 0 Å². The Morgan fingerprint density at radius 3 is 2.31 bits per heavy atom. The standard InChI is InChI=1S/C20H24N4O2/c1-14-17(22-16-10-6-5-9-15(16)21-14)13-24-18(25)20(23-19(24)26)11-7-3-2-4-8-12-20/h5-6,9-10H,2-4,7-8,11-13H2,1H3,(H,23,26). The normalized spacial score (nSPS) is 20.3. The fourth-order valence-corrected chi connectivity index (χ4v) is 4.09. The molecule has 0 radical (unpaired) electrons. The van der Waals surface area contributed by atoms with Gasteiger partial charge in [-0.25, -0.2) is 14.8 Å². The number of imide groups is 1. The molecule has 2 aromatic rings. The van der Waals surface area contributed by atoms with Gasteiger partial charge >= 0.3 is 6.03 Å². The third-order valence-electron chi connectivity index (χ3n) is 5.60. The fraction of sp³-hybridized carbons (Fsp3) is 0.500. The highest BCUT2D eigenvalue weighted by molar-refractivity contribution is 6.07. The molecule has 0 atom stereocenters. The first-order valence-corrected chi connectivity index (χ1v) is 9.45. The number of nitrogens with zero attached hydrogens (tertiary/aromatic N) is 3. The van der Waals surface area contributed by atoms with E-state index in [0.717, 1.165) is 55.3 Å². The minimum atomic E-state index is -0.713. The summed E-state index contributed by atoms with van der Waals surface area (Å²) < 4.78 is 0. The largest absolute Gasteiger partial charge is 0.325 e. The Morgan fingerprint density at radius 2 is 1.62 bits per heavy atom. The van der Waals surface area contributed by atoms with Gasteiger partial charge in [0, 0.05) is 0 Å². The molecule has 3 amide bonds. The molecule has 4 rings (SSSR count). The van der Waals surface area contributed by atoms with E-state index >= 15 is 0 Å². The van der Waals surface area contributed by atoms with Crippen molar-refractivity contribution in [2.45, 2.75) is 64.0 Å². The number of aromatic nitrogens is 2. The summed E-state index contributed by atoms with van der Waals surface area (Å²) >= 11 is 0. The Hall–Kier alpha value is -2.50. The predicted molar refractivity (Wildman–Crippen MR) is 98.4 cm³/mol. The summed E-state index contributed by atoms with van der Waals surface area (Å²) in [4.78, 5) is 36.2. The maximum atomic E-state index is 13.1. The van der Waals surface area contributed by atoms with E-state index < -0.39 is 5.54 Å². The van der Waals surface area contributed by atoms with Crippen LogP contribution in [0.5, 0.6) is 0 Å². The van der Waals surface area contributed by atoms with E-state index in [-0.39, 0.29) is 18.5 Å². The molecule has 6 heteroatoms. The molecule has 0 unspecified atom stereocenters. The number of carbonyl (C=O) groups is 2. The van der Waals surface area contributed by atoms with Gasteiger partial charge in [-0.2, -0.15) is 0 Å². The molecule has 26 heavy (non-hydrogen) atoms. The quantitative estimate of drug-likeness (QED) is 0.840.